The molecule has 0 aliphatic carbocycles. The van der Waals surface area contributed by atoms with Gasteiger partial charge >= 0.3 is 6.09 Å². The number of rotatable bonds is 2. The molecule has 4 heterocycles. The summed E-state index contributed by atoms with van der Waals surface area (Å²) in [6.45, 7) is 10.3. The second-order valence-corrected chi connectivity index (χ2v) is 8.95. The Morgan fingerprint density at radius 3 is 2.69 bits per heavy atom. The Bertz CT molecular complexity index is 1230. The summed E-state index contributed by atoms with van der Waals surface area (Å²) >= 11 is 0. The van der Waals surface area contributed by atoms with Crippen LogP contribution in [0.5, 0.6) is 0 Å². The van der Waals surface area contributed by atoms with E-state index in [0.29, 0.717) is 36.4 Å². The van der Waals surface area contributed by atoms with Crippen LogP contribution in [0.2, 0.25) is 0 Å². The quantitative estimate of drug-likeness (QED) is 0.645. The molecule has 1 aliphatic heterocycles. The zero-order chi connectivity index (χ0) is 23.2. The van der Waals surface area contributed by atoms with E-state index in [-0.39, 0.29) is 29.5 Å². The molecule has 0 bridgehead atoms. The lowest BCUT2D eigenvalue weighted by Gasteiger charge is -2.40. The molecular formula is C21H27N7O4. The van der Waals surface area contributed by atoms with Crippen molar-refractivity contribution in [2.75, 3.05) is 19.6 Å². The molecule has 3 aromatic heterocycles. The Hall–Kier alpha value is -3.63. The molecule has 0 saturated carbocycles. The van der Waals surface area contributed by atoms with Crippen LogP contribution in [0.1, 0.15) is 43.7 Å². The number of ether oxygens (including phenoxy) is 1. The third kappa shape index (κ3) is 3.97. The van der Waals surface area contributed by atoms with Crippen LogP contribution in [0.4, 0.5) is 4.79 Å². The summed E-state index contributed by atoms with van der Waals surface area (Å²) in [5.74, 6) is 0.0344. The lowest BCUT2D eigenvalue weighted by Crippen LogP contribution is -2.56. The highest BCUT2D eigenvalue weighted by molar-refractivity contribution is 5.95. The average molecular weight is 441 g/mol. The maximum Gasteiger partial charge on any atom is 0.410 e. The Morgan fingerprint density at radius 2 is 2.00 bits per heavy atom. The van der Waals surface area contributed by atoms with E-state index < -0.39 is 5.60 Å². The van der Waals surface area contributed by atoms with Crippen molar-refractivity contribution in [3.05, 3.63) is 46.1 Å². The highest BCUT2D eigenvalue weighted by Crippen LogP contribution is 2.19. The smallest absolute Gasteiger partial charge is 0.410 e. The molecule has 0 unspecified atom stereocenters. The van der Waals surface area contributed by atoms with Crippen LogP contribution in [-0.2, 0) is 4.74 Å². The topological polar surface area (TPSA) is 118 Å². The first-order valence-corrected chi connectivity index (χ1v) is 10.5. The van der Waals surface area contributed by atoms with Crippen LogP contribution in [-0.4, -0.2) is 77.5 Å². The lowest BCUT2D eigenvalue weighted by atomic mass is 10.1. The van der Waals surface area contributed by atoms with Crippen molar-refractivity contribution in [1.82, 2.24) is 34.2 Å². The van der Waals surface area contributed by atoms with Gasteiger partial charge in [0.05, 0.1) is 17.5 Å². The molecular weight excluding hydrogens is 414 g/mol. The van der Waals surface area contributed by atoms with Crippen LogP contribution >= 0.6 is 0 Å². The Balaban J connectivity index is 1.52. The van der Waals surface area contributed by atoms with Crippen LogP contribution in [0.25, 0.3) is 11.5 Å². The summed E-state index contributed by atoms with van der Waals surface area (Å²) in [5.41, 5.74) is 0.528. The van der Waals surface area contributed by atoms with Gasteiger partial charge in [-0.3, -0.25) is 14.6 Å². The molecule has 0 spiro atoms. The van der Waals surface area contributed by atoms with E-state index in [1.807, 2.05) is 27.7 Å². The normalized spacial score (nSPS) is 17.1. The first-order valence-electron chi connectivity index (χ1n) is 10.5. The van der Waals surface area contributed by atoms with Gasteiger partial charge in [0.15, 0.2) is 0 Å². The van der Waals surface area contributed by atoms with E-state index in [2.05, 4.69) is 15.2 Å². The first kappa shape index (κ1) is 21.6. The number of carbonyl (C=O) groups is 2. The van der Waals surface area contributed by atoms with E-state index in [0.717, 1.165) is 0 Å². The number of hydrogen-bond acceptors (Lipinski definition) is 6. The van der Waals surface area contributed by atoms with Crippen molar-refractivity contribution < 1.29 is 14.3 Å². The fourth-order valence-corrected chi connectivity index (χ4v) is 3.76. The number of H-pyrrole nitrogens is 1. The molecule has 170 valence electrons. The average Bonchev–Trinajstić information content (AvgIpc) is 3.32. The zero-order valence-corrected chi connectivity index (χ0v) is 18.8. The molecule has 32 heavy (non-hydrogen) atoms. The van der Waals surface area contributed by atoms with Gasteiger partial charge in [-0.1, -0.05) is 0 Å². The number of amides is 2. The summed E-state index contributed by atoms with van der Waals surface area (Å²) in [7, 11) is 0. The van der Waals surface area contributed by atoms with Crippen molar-refractivity contribution in [3.63, 3.8) is 0 Å². The van der Waals surface area contributed by atoms with E-state index in [1.54, 1.807) is 35.1 Å². The first-order chi connectivity index (χ1) is 15.0. The standard InChI is InChI=1S/C21H27N7O4/c1-13-12-25(9-10-26(13)20(31)32-21(3,4)5)18(30)15-11-22-28(14(15)2)19-23-17(29)16-7-6-8-27(16)24-19/h6-8,11,13H,9-10,12H2,1-5H3,(H,23,24,29)/t13-/m1/s1. The number of aromatic amines is 1. The van der Waals surface area contributed by atoms with E-state index >= 15 is 0 Å². The third-order valence-corrected chi connectivity index (χ3v) is 5.37. The molecule has 1 fully saturated rings. The number of carbonyl (C=O) groups excluding carboxylic acids is 2. The molecule has 0 radical (unpaired) electrons. The lowest BCUT2D eigenvalue weighted by molar-refractivity contribution is 0.00196. The molecule has 0 aromatic carbocycles. The van der Waals surface area contributed by atoms with Gasteiger partial charge in [-0.25, -0.2) is 14.0 Å². The summed E-state index contributed by atoms with van der Waals surface area (Å²) in [6, 6.07) is 3.20. The fourth-order valence-electron chi connectivity index (χ4n) is 3.76. The van der Waals surface area contributed by atoms with Crippen LogP contribution in [0.15, 0.2) is 29.3 Å². The third-order valence-electron chi connectivity index (χ3n) is 5.37. The van der Waals surface area contributed by atoms with Crippen LogP contribution < -0.4 is 5.56 Å². The zero-order valence-electron chi connectivity index (χ0n) is 18.8. The molecule has 1 saturated heterocycles. The van der Waals surface area contributed by atoms with E-state index in [4.69, 9.17) is 4.74 Å². The molecule has 11 nitrogen and oxygen atoms in total. The minimum atomic E-state index is -0.575. The predicted molar refractivity (Wildman–Crippen MR) is 116 cm³/mol. The second-order valence-electron chi connectivity index (χ2n) is 8.95. The monoisotopic (exact) mass is 441 g/mol. The fraction of sp³-hybridized carbons (Fsp3) is 0.476. The maximum atomic E-state index is 13.2. The number of aromatic nitrogens is 5. The van der Waals surface area contributed by atoms with Crippen molar-refractivity contribution >= 4 is 17.5 Å². The Kier molecular flexibility index (Phi) is 5.27. The maximum absolute atomic E-state index is 13.2. The minimum Gasteiger partial charge on any atom is -0.444 e. The van der Waals surface area contributed by atoms with Crippen molar-refractivity contribution in [3.8, 4) is 5.95 Å². The van der Waals surface area contributed by atoms with Crippen LogP contribution in [0.3, 0.4) is 0 Å². The van der Waals surface area contributed by atoms with Gasteiger partial charge in [0.25, 0.3) is 11.5 Å². The minimum absolute atomic E-state index is 0.186. The summed E-state index contributed by atoms with van der Waals surface area (Å²) < 4.78 is 8.37. The molecule has 3 aromatic rings. The van der Waals surface area contributed by atoms with Crippen molar-refractivity contribution in [2.24, 2.45) is 0 Å². The molecule has 1 N–H and O–H groups in total. The molecule has 4 rings (SSSR count). The van der Waals surface area contributed by atoms with E-state index in [9.17, 15) is 14.4 Å². The largest absolute Gasteiger partial charge is 0.444 e. The second kappa shape index (κ2) is 7.81. The molecule has 2 amide bonds. The van der Waals surface area contributed by atoms with Gasteiger partial charge in [0.2, 0.25) is 5.95 Å². The summed E-state index contributed by atoms with van der Waals surface area (Å²) in [4.78, 5) is 43.9. The van der Waals surface area contributed by atoms with Gasteiger partial charge in [0.1, 0.15) is 11.1 Å². The number of nitrogens with one attached hydrogen (secondary N) is 1. The number of hydrogen-bond donors (Lipinski definition) is 1. The van der Waals surface area contributed by atoms with Crippen molar-refractivity contribution in [2.45, 2.75) is 46.3 Å². The highest BCUT2D eigenvalue weighted by atomic mass is 16.6. The number of fused-ring (bicyclic) bond motifs is 1. The van der Waals surface area contributed by atoms with Gasteiger partial charge in [-0.2, -0.15) is 5.10 Å². The number of piperazine rings is 1. The van der Waals surface area contributed by atoms with Gasteiger partial charge in [-0.15, -0.1) is 5.10 Å². The van der Waals surface area contributed by atoms with Crippen LogP contribution in [0, 0.1) is 6.92 Å². The van der Waals surface area contributed by atoms with Gasteiger partial charge in [0, 0.05) is 31.9 Å². The predicted octanol–water partition coefficient (Wildman–Crippen LogP) is 1.60. The van der Waals surface area contributed by atoms with E-state index in [1.165, 1.54) is 15.4 Å². The van der Waals surface area contributed by atoms with Gasteiger partial charge in [-0.05, 0) is 46.8 Å². The summed E-state index contributed by atoms with van der Waals surface area (Å²) in [6.07, 6.45) is 2.77. The Morgan fingerprint density at radius 1 is 1.25 bits per heavy atom. The Labute approximate surface area is 184 Å². The molecule has 1 aliphatic rings. The highest BCUT2D eigenvalue weighted by Gasteiger charge is 2.33. The van der Waals surface area contributed by atoms with Crippen molar-refractivity contribution in [1.29, 1.82) is 0 Å². The summed E-state index contributed by atoms with van der Waals surface area (Å²) in [5, 5.41) is 8.64. The SMILES string of the molecule is Cc1c(C(=O)N2CCN(C(=O)OC(C)(C)C)[C@H](C)C2)cnn1-c1nn2cccc2c(=O)[nH]1. The number of nitrogens with zero attached hydrogens (tertiary/aromatic N) is 6. The molecule has 11 heteroatoms. The molecule has 1 atom stereocenters. The van der Waals surface area contributed by atoms with Gasteiger partial charge < -0.3 is 14.5 Å².